The molecule has 20 heavy (non-hydrogen) atoms. The molecule has 0 saturated heterocycles. The molecular weight excluding hydrogens is 385 g/mol. The SMILES string of the molecule is Cc1ccc(S(=O)(=O)NCc2ccc(C)c(I)c2)cc1. The molecule has 0 spiro atoms. The van der Waals surface area contributed by atoms with E-state index < -0.39 is 10.0 Å². The molecule has 0 aliphatic rings. The van der Waals surface area contributed by atoms with Crippen LogP contribution in [-0.2, 0) is 16.6 Å². The number of rotatable bonds is 4. The Morgan fingerprint density at radius 1 is 1.05 bits per heavy atom. The van der Waals surface area contributed by atoms with Crippen LogP contribution in [0.5, 0.6) is 0 Å². The van der Waals surface area contributed by atoms with Gasteiger partial charge in [-0.1, -0.05) is 29.8 Å². The van der Waals surface area contributed by atoms with E-state index in [9.17, 15) is 8.42 Å². The van der Waals surface area contributed by atoms with Crippen molar-refractivity contribution in [3.05, 3.63) is 62.7 Å². The molecule has 1 N–H and O–H groups in total. The van der Waals surface area contributed by atoms with Crippen LogP contribution < -0.4 is 4.72 Å². The van der Waals surface area contributed by atoms with Gasteiger partial charge in [-0.2, -0.15) is 0 Å². The molecule has 5 heteroatoms. The van der Waals surface area contributed by atoms with Crippen LogP contribution in [0.2, 0.25) is 0 Å². The van der Waals surface area contributed by atoms with Gasteiger partial charge >= 0.3 is 0 Å². The first-order valence-electron chi connectivity index (χ1n) is 6.20. The van der Waals surface area contributed by atoms with Gasteiger partial charge in [0.05, 0.1) is 4.90 Å². The molecule has 3 nitrogen and oxygen atoms in total. The highest BCUT2D eigenvalue weighted by atomic mass is 127. The maximum Gasteiger partial charge on any atom is 0.240 e. The molecule has 2 rings (SSSR count). The Balaban J connectivity index is 2.13. The summed E-state index contributed by atoms with van der Waals surface area (Å²) in [7, 11) is -3.45. The summed E-state index contributed by atoms with van der Waals surface area (Å²) >= 11 is 2.25. The first-order chi connectivity index (χ1) is 9.38. The average molecular weight is 401 g/mol. The summed E-state index contributed by atoms with van der Waals surface area (Å²) < 4.78 is 28.1. The predicted molar refractivity (Wildman–Crippen MR) is 89.1 cm³/mol. The lowest BCUT2D eigenvalue weighted by Gasteiger charge is -2.08. The molecule has 0 atom stereocenters. The number of aryl methyl sites for hydroxylation is 2. The Morgan fingerprint density at radius 3 is 2.30 bits per heavy atom. The Hall–Kier alpha value is -0.920. The number of sulfonamides is 1. The molecule has 106 valence electrons. The fourth-order valence-corrected chi connectivity index (χ4v) is 3.32. The number of hydrogen-bond acceptors (Lipinski definition) is 2. The van der Waals surface area contributed by atoms with Crippen LogP contribution in [0.1, 0.15) is 16.7 Å². The lowest BCUT2D eigenvalue weighted by molar-refractivity contribution is 0.581. The van der Waals surface area contributed by atoms with Gasteiger partial charge in [0.2, 0.25) is 10.0 Å². The molecule has 2 aromatic carbocycles. The summed E-state index contributed by atoms with van der Waals surface area (Å²) in [6.45, 7) is 4.26. The lowest BCUT2D eigenvalue weighted by Crippen LogP contribution is -2.23. The largest absolute Gasteiger partial charge is 0.240 e. The maximum atomic E-state index is 12.2. The van der Waals surface area contributed by atoms with E-state index in [-0.39, 0.29) is 0 Å². The van der Waals surface area contributed by atoms with Gasteiger partial charge in [0.25, 0.3) is 0 Å². The summed E-state index contributed by atoms with van der Waals surface area (Å²) in [6.07, 6.45) is 0. The first kappa shape index (κ1) is 15.5. The second-order valence-electron chi connectivity index (χ2n) is 4.72. The van der Waals surface area contributed by atoms with Crippen molar-refractivity contribution in [2.45, 2.75) is 25.3 Å². The zero-order valence-corrected chi connectivity index (χ0v) is 14.3. The third-order valence-electron chi connectivity index (χ3n) is 3.03. The smallest absolute Gasteiger partial charge is 0.207 e. The highest BCUT2D eigenvalue weighted by Crippen LogP contribution is 2.15. The molecule has 0 unspecified atom stereocenters. The molecule has 0 amide bonds. The van der Waals surface area contributed by atoms with Gasteiger partial charge in [0, 0.05) is 10.1 Å². The van der Waals surface area contributed by atoms with Crippen LogP contribution in [0.15, 0.2) is 47.4 Å². The summed E-state index contributed by atoms with van der Waals surface area (Å²) in [5.41, 5.74) is 3.18. The Morgan fingerprint density at radius 2 is 1.70 bits per heavy atom. The quantitative estimate of drug-likeness (QED) is 0.799. The monoisotopic (exact) mass is 401 g/mol. The molecule has 0 heterocycles. The van der Waals surface area contributed by atoms with Crippen molar-refractivity contribution in [1.82, 2.24) is 4.72 Å². The fraction of sp³-hybridized carbons (Fsp3) is 0.200. The highest BCUT2D eigenvalue weighted by molar-refractivity contribution is 14.1. The van der Waals surface area contributed by atoms with Crippen molar-refractivity contribution >= 4 is 32.6 Å². The van der Waals surface area contributed by atoms with E-state index in [4.69, 9.17) is 0 Å². The van der Waals surface area contributed by atoms with E-state index in [0.717, 1.165) is 14.7 Å². The number of nitrogens with one attached hydrogen (secondary N) is 1. The number of halogens is 1. The minimum absolute atomic E-state index is 0.296. The van der Waals surface area contributed by atoms with Gasteiger partial charge in [-0.25, -0.2) is 13.1 Å². The Labute approximate surface area is 133 Å². The fourth-order valence-electron chi connectivity index (χ4n) is 1.73. The van der Waals surface area contributed by atoms with Gasteiger partial charge < -0.3 is 0 Å². The highest BCUT2D eigenvalue weighted by Gasteiger charge is 2.13. The zero-order valence-electron chi connectivity index (χ0n) is 11.4. The van der Waals surface area contributed by atoms with E-state index in [1.54, 1.807) is 24.3 Å². The molecule has 0 saturated carbocycles. The average Bonchev–Trinajstić information content (AvgIpc) is 2.41. The standard InChI is InChI=1S/C15H16INO2S/c1-11-3-7-14(8-4-11)20(18,19)17-10-13-6-5-12(2)15(16)9-13/h3-9,17H,10H2,1-2H3. The van der Waals surface area contributed by atoms with Crippen molar-refractivity contribution in [3.63, 3.8) is 0 Å². The predicted octanol–water partition coefficient (Wildman–Crippen LogP) is 3.39. The summed E-state index contributed by atoms with van der Waals surface area (Å²) in [5, 5.41) is 0. The van der Waals surface area contributed by atoms with E-state index in [2.05, 4.69) is 27.3 Å². The minimum Gasteiger partial charge on any atom is -0.207 e. The first-order valence-corrected chi connectivity index (χ1v) is 8.76. The van der Waals surface area contributed by atoms with Crippen molar-refractivity contribution < 1.29 is 8.42 Å². The lowest BCUT2D eigenvalue weighted by atomic mass is 10.2. The van der Waals surface area contributed by atoms with E-state index in [1.165, 1.54) is 5.56 Å². The van der Waals surface area contributed by atoms with Crippen LogP contribution in [-0.4, -0.2) is 8.42 Å². The van der Waals surface area contributed by atoms with E-state index >= 15 is 0 Å². The molecule has 0 aliphatic heterocycles. The van der Waals surface area contributed by atoms with Crippen molar-refractivity contribution in [3.8, 4) is 0 Å². The molecule has 0 aromatic heterocycles. The molecule has 2 aromatic rings. The second-order valence-corrected chi connectivity index (χ2v) is 7.65. The van der Waals surface area contributed by atoms with E-state index in [0.29, 0.717) is 11.4 Å². The molecule has 0 fully saturated rings. The zero-order chi connectivity index (χ0) is 14.8. The minimum atomic E-state index is -3.45. The summed E-state index contributed by atoms with van der Waals surface area (Å²) in [5.74, 6) is 0. The van der Waals surface area contributed by atoms with Crippen molar-refractivity contribution in [1.29, 1.82) is 0 Å². The number of benzene rings is 2. The van der Waals surface area contributed by atoms with Crippen molar-refractivity contribution in [2.24, 2.45) is 0 Å². The molecule has 0 radical (unpaired) electrons. The van der Waals surface area contributed by atoms with Crippen LogP contribution in [0.4, 0.5) is 0 Å². The van der Waals surface area contributed by atoms with Crippen LogP contribution in [0.3, 0.4) is 0 Å². The maximum absolute atomic E-state index is 12.2. The summed E-state index contributed by atoms with van der Waals surface area (Å²) in [6, 6.07) is 12.8. The normalized spacial score (nSPS) is 11.6. The Bertz CT molecular complexity index is 709. The van der Waals surface area contributed by atoms with Crippen LogP contribution >= 0.6 is 22.6 Å². The number of hydrogen-bond donors (Lipinski definition) is 1. The van der Waals surface area contributed by atoms with E-state index in [1.807, 2.05) is 32.0 Å². The summed E-state index contributed by atoms with van der Waals surface area (Å²) in [4.78, 5) is 0.296. The van der Waals surface area contributed by atoms with Gasteiger partial charge in [-0.05, 0) is 65.8 Å². The molecule has 0 bridgehead atoms. The van der Waals surface area contributed by atoms with Gasteiger partial charge in [0.1, 0.15) is 0 Å². The third-order valence-corrected chi connectivity index (χ3v) is 5.61. The third kappa shape index (κ3) is 3.80. The van der Waals surface area contributed by atoms with Crippen molar-refractivity contribution in [2.75, 3.05) is 0 Å². The Kier molecular flexibility index (Phi) is 4.82. The van der Waals surface area contributed by atoms with Crippen LogP contribution in [0.25, 0.3) is 0 Å². The topological polar surface area (TPSA) is 46.2 Å². The van der Waals surface area contributed by atoms with Gasteiger partial charge in [-0.15, -0.1) is 0 Å². The second kappa shape index (κ2) is 6.24. The van der Waals surface area contributed by atoms with Gasteiger partial charge in [-0.3, -0.25) is 0 Å². The van der Waals surface area contributed by atoms with Gasteiger partial charge in [0.15, 0.2) is 0 Å². The molecule has 0 aliphatic carbocycles. The van der Waals surface area contributed by atoms with Crippen LogP contribution in [0, 0.1) is 17.4 Å². The molecular formula is C15H16INO2S.